The third-order valence-corrected chi connectivity index (χ3v) is 3.79. The molecule has 2 aromatic rings. The molecule has 3 N–H and O–H groups in total. The van der Waals surface area contributed by atoms with Crippen molar-refractivity contribution >= 4 is 17.5 Å². The third-order valence-electron chi connectivity index (χ3n) is 3.79. The minimum atomic E-state index is -0.109. The molecule has 0 spiro atoms. The van der Waals surface area contributed by atoms with E-state index in [2.05, 4.69) is 24.7 Å². The van der Waals surface area contributed by atoms with Crippen LogP contribution in [0.25, 0.3) is 0 Å². The molecule has 0 fully saturated rings. The van der Waals surface area contributed by atoms with Gasteiger partial charge in [0.2, 0.25) is 11.8 Å². The van der Waals surface area contributed by atoms with Gasteiger partial charge in [-0.3, -0.25) is 9.59 Å². The number of carbonyl (C=O) groups is 2. The lowest BCUT2D eigenvalue weighted by molar-refractivity contribution is -0.860. The fourth-order valence-corrected chi connectivity index (χ4v) is 2.69. The second-order valence-corrected chi connectivity index (χ2v) is 6.50. The molecule has 0 unspecified atom stereocenters. The molecule has 0 aromatic heterocycles. The van der Waals surface area contributed by atoms with Gasteiger partial charge < -0.3 is 15.5 Å². The molecule has 0 bridgehead atoms. The van der Waals surface area contributed by atoms with Crippen LogP contribution in [0.5, 0.6) is 0 Å². The number of amides is 2. The minimum absolute atomic E-state index is 0.0117. The van der Waals surface area contributed by atoms with Gasteiger partial charge >= 0.3 is 0 Å². The predicted octanol–water partition coefficient (Wildman–Crippen LogP) is 1.19. The van der Waals surface area contributed by atoms with Crippen molar-refractivity contribution in [3.8, 4) is 0 Å². The smallest absolute Gasteiger partial charge is 0.225 e. The van der Waals surface area contributed by atoms with Crippen molar-refractivity contribution < 1.29 is 14.5 Å². The molecule has 2 rings (SSSR count). The Balaban J connectivity index is 1.99. The van der Waals surface area contributed by atoms with Crippen LogP contribution in [-0.2, 0) is 16.0 Å². The Kier molecular flexibility index (Phi) is 6.71. The van der Waals surface area contributed by atoms with Gasteiger partial charge in [0.25, 0.3) is 0 Å². The van der Waals surface area contributed by atoms with Crippen LogP contribution in [0.2, 0.25) is 0 Å². The number of carbonyl (C=O) groups excluding carboxylic acids is 2. The van der Waals surface area contributed by atoms with E-state index in [4.69, 9.17) is 0 Å². The summed E-state index contributed by atoms with van der Waals surface area (Å²) in [6, 6.07) is 17.3. The van der Waals surface area contributed by atoms with E-state index in [-0.39, 0.29) is 17.9 Å². The van der Waals surface area contributed by atoms with Gasteiger partial charge in [-0.15, -0.1) is 0 Å². The van der Waals surface area contributed by atoms with Gasteiger partial charge in [0, 0.05) is 12.6 Å². The summed E-state index contributed by atoms with van der Waals surface area (Å²) in [5.74, 6) is -0.121. The highest BCUT2D eigenvalue weighted by atomic mass is 16.2. The van der Waals surface area contributed by atoms with Crippen LogP contribution in [0, 0.1) is 0 Å². The molecule has 2 amide bonds. The van der Waals surface area contributed by atoms with E-state index in [1.165, 1.54) is 11.8 Å². The van der Waals surface area contributed by atoms with Crippen molar-refractivity contribution in [1.82, 2.24) is 5.32 Å². The second-order valence-electron chi connectivity index (χ2n) is 6.50. The van der Waals surface area contributed by atoms with Gasteiger partial charge in [0.15, 0.2) is 0 Å². The average molecular weight is 340 g/mol. The Labute approximate surface area is 149 Å². The Morgan fingerprint density at radius 3 is 2.20 bits per heavy atom. The zero-order chi connectivity index (χ0) is 18.2. The fraction of sp³-hybridized carbons (Fsp3) is 0.300. The molecule has 0 radical (unpaired) electrons. The number of anilines is 1. The SMILES string of the molecule is CC(=O)Nc1ccc(CC(=O)N[C@H](C[NH+](C)C)c2ccccc2)cc1. The van der Waals surface area contributed by atoms with Gasteiger partial charge in [-0.25, -0.2) is 0 Å². The standard InChI is InChI=1S/C20H25N3O2/c1-15(24)21-18-11-9-16(10-12-18)13-20(25)22-19(14-23(2)3)17-7-5-4-6-8-17/h4-12,19H,13-14H2,1-3H3,(H,21,24)(H,22,25)/p+1/t19-/m1/s1. The number of hydrogen-bond acceptors (Lipinski definition) is 2. The summed E-state index contributed by atoms with van der Waals surface area (Å²) in [5, 5.41) is 5.85. The van der Waals surface area contributed by atoms with Crippen LogP contribution in [0.3, 0.4) is 0 Å². The maximum atomic E-state index is 12.5. The Morgan fingerprint density at radius 1 is 1.00 bits per heavy atom. The molecule has 0 aliphatic rings. The molecule has 5 nitrogen and oxygen atoms in total. The largest absolute Gasteiger partial charge is 0.343 e. The lowest BCUT2D eigenvalue weighted by atomic mass is 10.1. The molecule has 132 valence electrons. The molecule has 0 heterocycles. The summed E-state index contributed by atoms with van der Waals surface area (Å²) in [7, 11) is 4.14. The molecule has 1 atom stereocenters. The first-order valence-corrected chi connectivity index (χ1v) is 8.44. The monoisotopic (exact) mass is 340 g/mol. The summed E-state index contributed by atoms with van der Waals surface area (Å²) in [5.41, 5.74) is 2.75. The lowest BCUT2D eigenvalue weighted by Crippen LogP contribution is -3.06. The molecule has 0 saturated carbocycles. The molecule has 2 aromatic carbocycles. The summed E-state index contributed by atoms with van der Waals surface area (Å²) < 4.78 is 0. The summed E-state index contributed by atoms with van der Waals surface area (Å²) in [4.78, 5) is 24.8. The van der Waals surface area contributed by atoms with E-state index in [0.717, 1.165) is 23.4 Å². The average Bonchev–Trinajstić information content (AvgIpc) is 2.56. The number of quaternary nitrogens is 1. The van der Waals surface area contributed by atoms with Gasteiger partial charge in [-0.2, -0.15) is 0 Å². The van der Waals surface area contributed by atoms with Gasteiger partial charge in [0.1, 0.15) is 12.6 Å². The minimum Gasteiger partial charge on any atom is -0.343 e. The topological polar surface area (TPSA) is 62.6 Å². The third kappa shape index (κ3) is 6.39. The summed E-state index contributed by atoms with van der Waals surface area (Å²) in [6.07, 6.45) is 0.312. The van der Waals surface area contributed by atoms with Gasteiger partial charge in [0.05, 0.1) is 20.5 Å². The summed E-state index contributed by atoms with van der Waals surface area (Å²) in [6.45, 7) is 2.29. The zero-order valence-corrected chi connectivity index (χ0v) is 15.0. The maximum absolute atomic E-state index is 12.5. The van der Waals surface area contributed by atoms with Crippen LogP contribution >= 0.6 is 0 Å². The predicted molar refractivity (Wildman–Crippen MR) is 99.5 cm³/mol. The molecule has 0 aliphatic heterocycles. The molecule has 25 heavy (non-hydrogen) atoms. The Hall–Kier alpha value is -2.66. The fourth-order valence-electron chi connectivity index (χ4n) is 2.69. The highest BCUT2D eigenvalue weighted by Crippen LogP contribution is 2.13. The van der Waals surface area contributed by atoms with E-state index in [0.29, 0.717) is 6.42 Å². The zero-order valence-electron chi connectivity index (χ0n) is 15.0. The van der Waals surface area contributed by atoms with E-state index >= 15 is 0 Å². The number of hydrogen-bond donors (Lipinski definition) is 3. The number of benzene rings is 2. The van der Waals surface area contributed by atoms with Gasteiger partial charge in [-0.05, 0) is 23.3 Å². The van der Waals surface area contributed by atoms with Crippen molar-refractivity contribution in [2.75, 3.05) is 26.0 Å². The van der Waals surface area contributed by atoms with Crippen LogP contribution in [0.15, 0.2) is 54.6 Å². The second kappa shape index (κ2) is 8.99. The molecule has 5 heteroatoms. The lowest BCUT2D eigenvalue weighted by Gasteiger charge is -2.21. The van der Waals surface area contributed by atoms with E-state index < -0.39 is 0 Å². The Morgan fingerprint density at radius 2 is 1.64 bits per heavy atom. The number of nitrogens with one attached hydrogen (secondary N) is 3. The van der Waals surface area contributed by atoms with Crippen molar-refractivity contribution in [2.45, 2.75) is 19.4 Å². The maximum Gasteiger partial charge on any atom is 0.225 e. The van der Waals surface area contributed by atoms with Crippen molar-refractivity contribution in [3.63, 3.8) is 0 Å². The van der Waals surface area contributed by atoms with Crippen LogP contribution in [-0.4, -0.2) is 32.5 Å². The first kappa shape index (κ1) is 18.7. The molecular weight excluding hydrogens is 314 g/mol. The van der Waals surface area contributed by atoms with Crippen LogP contribution in [0.1, 0.15) is 24.1 Å². The van der Waals surface area contributed by atoms with Crippen LogP contribution in [0.4, 0.5) is 5.69 Å². The molecule has 0 aliphatic carbocycles. The quantitative estimate of drug-likeness (QED) is 0.709. The van der Waals surface area contributed by atoms with Crippen molar-refractivity contribution in [3.05, 3.63) is 65.7 Å². The molecular formula is C20H26N3O2+. The first-order valence-electron chi connectivity index (χ1n) is 8.44. The Bertz CT molecular complexity index is 697. The van der Waals surface area contributed by atoms with Gasteiger partial charge in [-0.1, -0.05) is 42.5 Å². The number of rotatable bonds is 7. The van der Waals surface area contributed by atoms with E-state index in [1.54, 1.807) is 0 Å². The van der Waals surface area contributed by atoms with Crippen molar-refractivity contribution in [1.29, 1.82) is 0 Å². The normalized spacial score (nSPS) is 11.8. The highest BCUT2D eigenvalue weighted by molar-refractivity contribution is 5.88. The van der Waals surface area contributed by atoms with Crippen molar-refractivity contribution in [2.24, 2.45) is 0 Å². The first-order chi connectivity index (χ1) is 11.9. The number of likely N-dealkylation sites (N-methyl/N-ethyl adjacent to an activating group) is 1. The van der Waals surface area contributed by atoms with E-state index in [1.807, 2.05) is 54.6 Å². The highest BCUT2D eigenvalue weighted by Gasteiger charge is 2.17. The van der Waals surface area contributed by atoms with Crippen LogP contribution < -0.4 is 15.5 Å². The molecule has 0 saturated heterocycles. The summed E-state index contributed by atoms with van der Waals surface area (Å²) >= 11 is 0. The van der Waals surface area contributed by atoms with E-state index in [9.17, 15) is 9.59 Å².